The summed E-state index contributed by atoms with van der Waals surface area (Å²) in [7, 11) is 6.24. The Kier molecular flexibility index (Phi) is 7.39. The lowest BCUT2D eigenvalue weighted by Gasteiger charge is -2.31. The molecule has 1 fully saturated rings. The minimum atomic E-state index is -0.0707. The molecule has 31 heavy (non-hydrogen) atoms. The van der Waals surface area contributed by atoms with Gasteiger partial charge in [0.2, 0.25) is 11.7 Å². The van der Waals surface area contributed by atoms with E-state index < -0.39 is 0 Å². The number of ketones is 1. The molecule has 0 aromatic heterocycles. The number of Topliss-reactive ketones (excluding diaryl/α,β-unsaturated/α-hetero) is 1. The number of likely N-dealkylation sites (tertiary alicyclic amines) is 1. The molecule has 0 atom stereocenters. The SMILES string of the molecule is COc1ccc(C(=O)C2CCN(C(=O)Cc3cc(OC)c(OC)c(OC)c3)CC2)cc1. The van der Waals surface area contributed by atoms with E-state index in [-0.39, 0.29) is 24.0 Å². The van der Waals surface area contributed by atoms with E-state index in [1.807, 2.05) is 4.90 Å². The molecule has 0 radical (unpaired) electrons. The van der Waals surface area contributed by atoms with Crippen molar-refractivity contribution in [2.75, 3.05) is 41.5 Å². The first-order valence-electron chi connectivity index (χ1n) is 10.3. The van der Waals surface area contributed by atoms with Crippen LogP contribution in [0.5, 0.6) is 23.0 Å². The molecule has 1 saturated heterocycles. The van der Waals surface area contributed by atoms with Gasteiger partial charge in [0.05, 0.1) is 34.9 Å². The molecule has 0 saturated carbocycles. The van der Waals surface area contributed by atoms with Crippen LogP contribution in [-0.4, -0.2) is 58.1 Å². The van der Waals surface area contributed by atoms with Gasteiger partial charge in [0.25, 0.3) is 0 Å². The summed E-state index contributed by atoms with van der Waals surface area (Å²) in [6.45, 7) is 1.13. The molecule has 0 aliphatic carbocycles. The Morgan fingerprint density at radius 1 is 0.871 bits per heavy atom. The number of hydrogen-bond acceptors (Lipinski definition) is 6. The fourth-order valence-corrected chi connectivity index (χ4v) is 3.91. The summed E-state index contributed by atoms with van der Waals surface area (Å²) in [5.41, 5.74) is 1.47. The Balaban J connectivity index is 1.60. The molecule has 1 aliphatic heterocycles. The number of methoxy groups -OCH3 is 4. The average Bonchev–Trinajstić information content (AvgIpc) is 2.82. The van der Waals surface area contributed by atoms with E-state index in [0.717, 1.165) is 11.3 Å². The lowest BCUT2D eigenvalue weighted by molar-refractivity contribution is -0.131. The van der Waals surface area contributed by atoms with E-state index in [1.165, 1.54) is 0 Å². The van der Waals surface area contributed by atoms with Crippen molar-refractivity contribution in [3.63, 3.8) is 0 Å². The molecule has 166 valence electrons. The summed E-state index contributed by atoms with van der Waals surface area (Å²) < 4.78 is 21.2. The molecule has 0 N–H and O–H groups in total. The second kappa shape index (κ2) is 10.2. The van der Waals surface area contributed by atoms with Crippen LogP contribution < -0.4 is 18.9 Å². The molecule has 2 aromatic rings. The summed E-state index contributed by atoms with van der Waals surface area (Å²) in [4.78, 5) is 27.5. The van der Waals surface area contributed by atoms with Crippen molar-refractivity contribution in [3.8, 4) is 23.0 Å². The van der Waals surface area contributed by atoms with Crippen LogP contribution in [0.2, 0.25) is 0 Å². The summed E-state index contributed by atoms with van der Waals surface area (Å²) in [5.74, 6) is 2.34. The number of ether oxygens (including phenoxy) is 4. The topological polar surface area (TPSA) is 74.3 Å². The molecular formula is C24H29NO6. The number of carbonyl (C=O) groups excluding carboxylic acids is 2. The van der Waals surface area contributed by atoms with Crippen LogP contribution in [0.25, 0.3) is 0 Å². The van der Waals surface area contributed by atoms with Crippen LogP contribution >= 0.6 is 0 Å². The number of piperidine rings is 1. The van der Waals surface area contributed by atoms with Crippen LogP contribution in [-0.2, 0) is 11.2 Å². The van der Waals surface area contributed by atoms with Gasteiger partial charge in [0.1, 0.15) is 5.75 Å². The normalized spacial score (nSPS) is 14.1. The van der Waals surface area contributed by atoms with Crippen LogP contribution in [0.3, 0.4) is 0 Å². The molecule has 7 nitrogen and oxygen atoms in total. The molecule has 0 unspecified atom stereocenters. The Hall–Kier alpha value is -3.22. The van der Waals surface area contributed by atoms with Gasteiger partial charge in [-0.1, -0.05) is 0 Å². The first-order valence-corrected chi connectivity index (χ1v) is 10.3. The third kappa shape index (κ3) is 5.10. The molecular weight excluding hydrogens is 398 g/mol. The van der Waals surface area contributed by atoms with E-state index in [0.29, 0.717) is 48.7 Å². The monoisotopic (exact) mass is 427 g/mol. The Bertz CT molecular complexity index is 891. The van der Waals surface area contributed by atoms with Crippen molar-refractivity contribution < 1.29 is 28.5 Å². The van der Waals surface area contributed by atoms with Gasteiger partial charge in [-0.3, -0.25) is 9.59 Å². The number of amides is 1. The summed E-state index contributed by atoms with van der Waals surface area (Å²) in [6.07, 6.45) is 1.55. The van der Waals surface area contributed by atoms with Gasteiger partial charge in [-0.05, 0) is 54.8 Å². The second-order valence-corrected chi connectivity index (χ2v) is 7.46. The molecule has 1 amide bonds. The maximum absolute atomic E-state index is 12.9. The van der Waals surface area contributed by atoms with Gasteiger partial charge in [-0.15, -0.1) is 0 Å². The molecule has 2 aromatic carbocycles. The Labute approximate surface area is 182 Å². The predicted molar refractivity (Wildman–Crippen MR) is 116 cm³/mol. The number of benzene rings is 2. The van der Waals surface area contributed by atoms with Crippen LogP contribution in [0.1, 0.15) is 28.8 Å². The van der Waals surface area contributed by atoms with Crippen LogP contribution in [0.15, 0.2) is 36.4 Å². The molecule has 7 heteroatoms. The molecule has 1 heterocycles. The molecule has 0 spiro atoms. The first-order chi connectivity index (χ1) is 15.0. The summed E-state index contributed by atoms with van der Waals surface area (Å²) in [5, 5.41) is 0. The van der Waals surface area contributed by atoms with Crippen molar-refractivity contribution in [1.82, 2.24) is 4.90 Å². The van der Waals surface area contributed by atoms with Gasteiger partial charge >= 0.3 is 0 Å². The molecule has 1 aliphatic rings. The minimum absolute atomic E-state index is 0.0182. The third-order valence-corrected chi connectivity index (χ3v) is 5.67. The number of carbonyl (C=O) groups is 2. The smallest absolute Gasteiger partial charge is 0.226 e. The molecule has 3 rings (SSSR count). The largest absolute Gasteiger partial charge is 0.497 e. The zero-order chi connectivity index (χ0) is 22.4. The van der Waals surface area contributed by atoms with Gasteiger partial charge in [-0.2, -0.15) is 0 Å². The van der Waals surface area contributed by atoms with E-state index in [9.17, 15) is 9.59 Å². The maximum atomic E-state index is 12.9. The highest BCUT2D eigenvalue weighted by Crippen LogP contribution is 2.38. The fourth-order valence-electron chi connectivity index (χ4n) is 3.91. The standard InChI is InChI=1S/C24H29NO6/c1-28-19-7-5-17(6-8-19)23(27)18-9-11-25(12-10-18)22(26)15-16-13-20(29-2)24(31-4)21(14-16)30-3/h5-8,13-14,18H,9-12,15H2,1-4H3. The van der Waals surface area contributed by atoms with E-state index in [2.05, 4.69) is 0 Å². The highest BCUT2D eigenvalue weighted by atomic mass is 16.5. The van der Waals surface area contributed by atoms with Crippen LogP contribution in [0.4, 0.5) is 0 Å². The second-order valence-electron chi connectivity index (χ2n) is 7.46. The molecule has 0 bridgehead atoms. The van der Waals surface area contributed by atoms with E-state index in [4.69, 9.17) is 18.9 Å². The maximum Gasteiger partial charge on any atom is 0.226 e. The van der Waals surface area contributed by atoms with Crippen LogP contribution in [0, 0.1) is 5.92 Å². The number of hydrogen-bond donors (Lipinski definition) is 0. The summed E-state index contributed by atoms with van der Waals surface area (Å²) in [6, 6.07) is 10.8. The van der Waals surface area contributed by atoms with Gasteiger partial charge in [-0.25, -0.2) is 0 Å². The van der Waals surface area contributed by atoms with Gasteiger partial charge in [0, 0.05) is 24.6 Å². The minimum Gasteiger partial charge on any atom is -0.497 e. The van der Waals surface area contributed by atoms with E-state index in [1.54, 1.807) is 64.8 Å². The lowest BCUT2D eigenvalue weighted by atomic mass is 9.88. The number of nitrogens with zero attached hydrogens (tertiary/aromatic N) is 1. The van der Waals surface area contributed by atoms with Crippen molar-refractivity contribution in [1.29, 1.82) is 0 Å². The van der Waals surface area contributed by atoms with Gasteiger partial charge < -0.3 is 23.8 Å². The third-order valence-electron chi connectivity index (χ3n) is 5.67. The van der Waals surface area contributed by atoms with Crippen molar-refractivity contribution >= 4 is 11.7 Å². The fraction of sp³-hybridized carbons (Fsp3) is 0.417. The zero-order valence-electron chi connectivity index (χ0n) is 18.5. The predicted octanol–water partition coefficient (Wildman–Crippen LogP) is 3.39. The van der Waals surface area contributed by atoms with Gasteiger partial charge in [0.15, 0.2) is 17.3 Å². The van der Waals surface area contributed by atoms with Crippen molar-refractivity contribution in [2.45, 2.75) is 19.3 Å². The van der Waals surface area contributed by atoms with Crippen molar-refractivity contribution in [3.05, 3.63) is 47.5 Å². The quantitative estimate of drug-likeness (QED) is 0.602. The first kappa shape index (κ1) is 22.5. The lowest BCUT2D eigenvalue weighted by Crippen LogP contribution is -2.41. The average molecular weight is 427 g/mol. The van der Waals surface area contributed by atoms with E-state index >= 15 is 0 Å². The number of rotatable bonds is 8. The Morgan fingerprint density at radius 2 is 1.45 bits per heavy atom. The Morgan fingerprint density at radius 3 is 1.94 bits per heavy atom. The highest BCUT2D eigenvalue weighted by Gasteiger charge is 2.28. The highest BCUT2D eigenvalue weighted by molar-refractivity contribution is 5.98. The van der Waals surface area contributed by atoms with Crippen molar-refractivity contribution in [2.24, 2.45) is 5.92 Å². The zero-order valence-corrected chi connectivity index (χ0v) is 18.5. The summed E-state index contributed by atoms with van der Waals surface area (Å²) >= 11 is 0.